The number of anilines is 2. The van der Waals surface area contributed by atoms with E-state index in [1.807, 2.05) is 24.3 Å². The molecule has 1 unspecified atom stereocenters. The van der Waals surface area contributed by atoms with Gasteiger partial charge in [-0.05, 0) is 6.07 Å². The fraction of sp³-hybridized carbons (Fsp3) is 0.385. The maximum Gasteiger partial charge on any atom is 0.244 e. The summed E-state index contributed by atoms with van der Waals surface area (Å²) in [5, 5.41) is 9.61. The molecule has 23 heavy (non-hydrogen) atoms. The monoisotopic (exact) mass is 339 g/mol. The van der Waals surface area contributed by atoms with Gasteiger partial charge in [0.25, 0.3) is 0 Å². The number of H-pyrrole nitrogens is 1. The lowest BCUT2D eigenvalue weighted by atomic mass is 10.1. The largest absolute Gasteiger partial charge is 0.491 e. The van der Waals surface area contributed by atoms with Crippen LogP contribution in [0, 0.1) is 0 Å². The molecular formula is C13H17N5O4S. The van der Waals surface area contributed by atoms with Crippen LogP contribution in [0.15, 0.2) is 24.3 Å². The lowest BCUT2D eigenvalue weighted by Gasteiger charge is -2.08. The van der Waals surface area contributed by atoms with Gasteiger partial charge < -0.3 is 14.8 Å². The highest BCUT2D eigenvalue weighted by atomic mass is 32.2. The van der Waals surface area contributed by atoms with Gasteiger partial charge in [0.1, 0.15) is 12.4 Å². The van der Waals surface area contributed by atoms with Crippen LogP contribution in [0.3, 0.4) is 0 Å². The van der Waals surface area contributed by atoms with Crippen molar-refractivity contribution in [3.8, 4) is 5.75 Å². The van der Waals surface area contributed by atoms with Gasteiger partial charge in [0.2, 0.25) is 21.9 Å². The third-order valence-electron chi connectivity index (χ3n) is 3.30. The quantitative estimate of drug-likeness (QED) is 0.681. The fourth-order valence-electron chi connectivity index (χ4n) is 2.20. The van der Waals surface area contributed by atoms with Crippen molar-refractivity contribution in [3.63, 3.8) is 0 Å². The standard InChI is InChI=1S/C13H17N5O4S/c1-21-6-7-23(19,20)18-13-15-12(16-17-13)14-10-8-22-11-5-3-2-4-9(10)11/h2-5,10H,6-8H2,1H3,(H3,14,15,16,17,18). The van der Waals surface area contributed by atoms with E-state index in [0.29, 0.717) is 12.6 Å². The molecule has 1 aromatic heterocycles. The number of hydrogen-bond acceptors (Lipinski definition) is 7. The van der Waals surface area contributed by atoms with Crippen LogP contribution < -0.4 is 14.8 Å². The Hall–Kier alpha value is -2.33. The molecule has 3 rings (SSSR count). The second kappa shape index (κ2) is 6.42. The van der Waals surface area contributed by atoms with E-state index >= 15 is 0 Å². The maximum absolute atomic E-state index is 11.8. The first-order valence-electron chi connectivity index (χ1n) is 6.97. The van der Waals surface area contributed by atoms with Crippen LogP contribution in [0.4, 0.5) is 11.9 Å². The molecule has 0 spiro atoms. The first-order valence-corrected chi connectivity index (χ1v) is 8.63. The molecule has 0 bridgehead atoms. The van der Waals surface area contributed by atoms with Crippen molar-refractivity contribution >= 4 is 21.9 Å². The number of sulfonamides is 1. The molecule has 0 aliphatic carbocycles. The Morgan fingerprint density at radius 1 is 1.43 bits per heavy atom. The molecule has 1 atom stereocenters. The Kier molecular flexibility index (Phi) is 4.35. The molecule has 2 heterocycles. The van der Waals surface area contributed by atoms with Crippen LogP contribution in [0.5, 0.6) is 5.75 Å². The summed E-state index contributed by atoms with van der Waals surface area (Å²) >= 11 is 0. The summed E-state index contributed by atoms with van der Waals surface area (Å²) < 4.78 is 36.1. The number of aromatic amines is 1. The van der Waals surface area contributed by atoms with Crippen molar-refractivity contribution in [2.45, 2.75) is 6.04 Å². The SMILES string of the molecule is COCCS(=O)(=O)Nc1nc(NC2COc3ccccc32)n[nH]1. The number of ether oxygens (including phenoxy) is 2. The maximum atomic E-state index is 11.8. The minimum absolute atomic E-state index is 0.0517. The Bertz CT molecular complexity index is 776. The number of nitrogens with one attached hydrogen (secondary N) is 3. The Morgan fingerprint density at radius 3 is 3.09 bits per heavy atom. The van der Waals surface area contributed by atoms with E-state index in [4.69, 9.17) is 9.47 Å². The number of nitrogens with zero attached hydrogens (tertiary/aromatic N) is 2. The lowest BCUT2D eigenvalue weighted by Crippen LogP contribution is -2.20. The zero-order valence-electron chi connectivity index (χ0n) is 12.4. The molecule has 9 nitrogen and oxygen atoms in total. The first kappa shape index (κ1) is 15.6. The molecule has 10 heteroatoms. The molecule has 0 saturated heterocycles. The molecule has 3 N–H and O–H groups in total. The van der Waals surface area contributed by atoms with Crippen molar-refractivity contribution in [3.05, 3.63) is 29.8 Å². The first-order chi connectivity index (χ1) is 11.1. The number of fused-ring (bicyclic) bond motifs is 1. The van der Waals surface area contributed by atoms with Crippen molar-refractivity contribution < 1.29 is 17.9 Å². The number of methoxy groups -OCH3 is 1. The average Bonchev–Trinajstić information content (AvgIpc) is 3.13. The zero-order chi connectivity index (χ0) is 16.3. The minimum Gasteiger partial charge on any atom is -0.491 e. The van der Waals surface area contributed by atoms with Crippen LogP contribution in [0.25, 0.3) is 0 Å². The summed E-state index contributed by atoms with van der Waals surface area (Å²) in [5.41, 5.74) is 1.01. The predicted octanol–water partition coefficient (Wildman–Crippen LogP) is 0.738. The highest BCUT2D eigenvalue weighted by Gasteiger charge is 2.24. The number of aromatic nitrogens is 3. The van der Waals surface area contributed by atoms with Gasteiger partial charge in [0.05, 0.1) is 18.4 Å². The highest BCUT2D eigenvalue weighted by Crippen LogP contribution is 2.33. The van der Waals surface area contributed by atoms with Crippen LogP contribution in [0.1, 0.15) is 11.6 Å². The van der Waals surface area contributed by atoms with E-state index in [-0.39, 0.29) is 24.3 Å². The van der Waals surface area contributed by atoms with Gasteiger partial charge in [-0.2, -0.15) is 4.98 Å². The lowest BCUT2D eigenvalue weighted by molar-refractivity contribution is 0.217. The number of rotatable bonds is 7. The van der Waals surface area contributed by atoms with E-state index < -0.39 is 10.0 Å². The molecule has 0 fully saturated rings. The topological polar surface area (TPSA) is 118 Å². The molecule has 0 saturated carbocycles. The van der Waals surface area contributed by atoms with Crippen LogP contribution >= 0.6 is 0 Å². The van der Waals surface area contributed by atoms with Gasteiger partial charge in [0.15, 0.2) is 0 Å². The summed E-state index contributed by atoms with van der Waals surface area (Å²) in [5.74, 6) is 1.01. The van der Waals surface area contributed by atoms with Crippen molar-refractivity contribution in [2.75, 3.05) is 36.1 Å². The summed E-state index contributed by atoms with van der Waals surface area (Å²) in [6.07, 6.45) is 0. The van der Waals surface area contributed by atoms with Crippen molar-refractivity contribution in [1.82, 2.24) is 15.2 Å². The third-order valence-corrected chi connectivity index (χ3v) is 4.51. The molecular weight excluding hydrogens is 322 g/mol. The van der Waals surface area contributed by atoms with E-state index in [9.17, 15) is 8.42 Å². The second-order valence-electron chi connectivity index (χ2n) is 4.97. The van der Waals surface area contributed by atoms with Gasteiger partial charge in [0, 0.05) is 12.7 Å². The number of para-hydroxylation sites is 1. The van der Waals surface area contributed by atoms with Gasteiger partial charge in [-0.1, -0.05) is 18.2 Å². The van der Waals surface area contributed by atoms with Gasteiger partial charge >= 0.3 is 0 Å². The highest BCUT2D eigenvalue weighted by molar-refractivity contribution is 7.92. The molecule has 1 aromatic carbocycles. The molecule has 0 radical (unpaired) electrons. The molecule has 1 aliphatic heterocycles. The second-order valence-corrected chi connectivity index (χ2v) is 6.81. The van der Waals surface area contributed by atoms with Crippen molar-refractivity contribution in [2.24, 2.45) is 0 Å². The molecule has 124 valence electrons. The zero-order valence-corrected chi connectivity index (χ0v) is 13.3. The summed E-state index contributed by atoms with van der Waals surface area (Å²) in [4.78, 5) is 4.08. The fourth-order valence-corrected chi connectivity index (χ4v) is 3.08. The van der Waals surface area contributed by atoms with Gasteiger partial charge in [-0.3, -0.25) is 4.72 Å². The van der Waals surface area contributed by atoms with E-state index in [1.165, 1.54) is 7.11 Å². The Morgan fingerprint density at radius 2 is 2.26 bits per heavy atom. The normalized spacial score (nSPS) is 16.7. The van der Waals surface area contributed by atoms with Crippen molar-refractivity contribution in [1.29, 1.82) is 0 Å². The number of benzene rings is 1. The number of hydrogen-bond donors (Lipinski definition) is 3. The summed E-state index contributed by atoms with van der Waals surface area (Å²) in [6.45, 7) is 0.563. The molecule has 2 aromatic rings. The summed E-state index contributed by atoms with van der Waals surface area (Å²) in [7, 11) is -2.08. The third kappa shape index (κ3) is 3.71. The van der Waals surface area contributed by atoms with Crippen LogP contribution in [0.2, 0.25) is 0 Å². The Labute approximate surface area is 133 Å². The average molecular weight is 339 g/mol. The smallest absolute Gasteiger partial charge is 0.244 e. The molecule has 0 amide bonds. The summed E-state index contributed by atoms with van der Waals surface area (Å²) in [6, 6.07) is 7.60. The Balaban J connectivity index is 1.64. The van der Waals surface area contributed by atoms with Crippen LogP contribution in [-0.4, -0.2) is 49.7 Å². The van der Waals surface area contributed by atoms with Gasteiger partial charge in [-0.15, -0.1) is 5.10 Å². The van der Waals surface area contributed by atoms with E-state index in [1.54, 1.807) is 0 Å². The predicted molar refractivity (Wildman–Crippen MR) is 84.0 cm³/mol. The van der Waals surface area contributed by atoms with E-state index in [0.717, 1.165) is 11.3 Å². The molecule has 1 aliphatic rings. The van der Waals surface area contributed by atoms with Crippen LogP contribution in [-0.2, 0) is 14.8 Å². The van der Waals surface area contributed by atoms with Gasteiger partial charge in [-0.25, -0.2) is 13.5 Å². The minimum atomic E-state index is -3.52. The van der Waals surface area contributed by atoms with E-state index in [2.05, 4.69) is 25.2 Å².